The van der Waals surface area contributed by atoms with Gasteiger partial charge in [-0.25, -0.2) is 4.79 Å². The van der Waals surface area contributed by atoms with Crippen LogP contribution in [0.2, 0.25) is 0 Å². The molecule has 102 valence electrons. The molecule has 9 heteroatoms. The molecule has 1 saturated heterocycles. The molecule has 0 bridgehead atoms. The molecule has 2 rings (SSSR count). The maximum absolute atomic E-state index is 11.6. The summed E-state index contributed by atoms with van der Waals surface area (Å²) in [6.07, 6.45) is 1.64. The number of aromatic amines is 1. The minimum absolute atomic E-state index is 0.597. The fourth-order valence-electron chi connectivity index (χ4n) is 1.85. The molecule has 1 aliphatic heterocycles. The third-order valence-corrected chi connectivity index (χ3v) is 2.85. The van der Waals surface area contributed by atoms with E-state index in [9.17, 15) is 19.8 Å². The van der Waals surface area contributed by atoms with E-state index in [1.165, 1.54) is 0 Å². The molecule has 1 unspecified atom stereocenters. The molecule has 0 spiro atoms. The van der Waals surface area contributed by atoms with Crippen LogP contribution in [0.1, 0.15) is 6.23 Å². The average Bonchev–Trinajstić information content (AvgIpc) is 2.63. The number of nitrogens with zero attached hydrogens (tertiary/aromatic N) is 2. The Balaban J connectivity index is 2.52. The van der Waals surface area contributed by atoms with Crippen molar-refractivity contribution in [3.05, 3.63) is 27.0 Å². The Labute approximate surface area is 106 Å². The highest BCUT2D eigenvalue weighted by Gasteiger charge is 2.56. The summed E-state index contributed by atoms with van der Waals surface area (Å²) < 4.78 is 5.72. The van der Waals surface area contributed by atoms with Gasteiger partial charge in [-0.1, -0.05) is 5.92 Å². The summed E-state index contributed by atoms with van der Waals surface area (Å²) in [4.78, 5) is 24.4. The third kappa shape index (κ3) is 1.96. The number of aliphatic hydroxyl groups is 3. The van der Waals surface area contributed by atoms with Crippen LogP contribution in [0.15, 0.2) is 15.8 Å². The van der Waals surface area contributed by atoms with Crippen LogP contribution in [0.25, 0.3) is 0 Å². The Morgan fingerprint density at radius 1 is 1.63 bits per heavy atom. The van der Waals surface area contributed by atoms with Crippen LogP contribution in [-0.2, 0) is 4.74 Å². The second-order valence-corrected chi connectivity index (χ2v) is 4.01. The zero-order valence-corrected chi connectivity index (χ0v) is 9.55. The first-order chi connectivity index (χ1) is 8.93. The Hall–Kier alpha value is -1.99. The first-order valence-corrected chi connectivity index (χ1v) is 5.26. The van der Waals surface area contributed by atoms with E-state index in [2.05, 4.69) is 5.10 Å². The minimum Gasteiger partial charge on any atom is -0.394 e. The summed E-state index contributed by atoms with van der Waals surface area (Å²) in [6.45, 7) is -0.611. The van der Waals surface area contributed by atoms with Gasteiger partial charge in [0.2, 0.25) is 5.60 Å². The third-order valence-electron chi connectivity index (χ3n) is 2.85. The first-order valence-electron chi connectivity index (χ1n) is 5.26. The summed E-state index contributed by atoms with van der Waals surface area (Å²) in [5.41, 5.74) is -3.94. The number of H-pyrrole nitrogens is 1. The minimum atomic E-state index is -2.25. The van der Waals surface area contributed by atoms with Gasteiger partial charge < -0.3 is 20.1 Å². The molecular weight excluding hydrogens is 258 g/mol. The van der Waals surface area contributed by atoms with Gasteiger partial charge in [0.05, 0.1) is 6.61 Å². The molecule has 2 heterocycles. The van der Waals surface area contributed by atoms with E-state index in [4.69, 9.17) is 16.3 Å². The maximum atomic E-state index is 11.6. The van der Waals surface area contributed by atoms with Crippen molar-refractivity contribution in [1.82, 2.24) is 14.8 Å². The van der Waals surface area contributed by atoms with Crippen molar-refractivity contribution in [2.75, 3.05) is 6.61 Å². The Morgan fingerprint density at radius 2 is 2.32 bits per heavy atom. The molecule has 0 amide bonds. The maximum Gasteiger partial charge on any atom is 0.347 e. The molecule has 1 aromatic heterocycles. The number of nitrogens with one attached hydrogen (secondary N) is 1. The summed E-state index contributed by atoms with van der Waals surface area (Å²) >= 11 is 0. The van der Waals surface area contributed by atoms with Crippen LogP contribution in [0.3, 0.4) is 0 Å². The topological polar surface area (TPSA) is 138 Å². The molecule has 0 radical (unpaired) electrons. The molecule has 4 atom stereocenters. The SMILES string of the molecule is C#CC1(O)[C@@H](O)[C@@H](CO)O[C@H]1n1ncc(=O)[nH]c1=O. The number of terminal acetylenes is 1. The van der Waals surface area contributed by atoms with Gasteiger partial charge in [-0.3, -0.25) is 9.78 Å². The zero-order chi connectivity index (χ0) is 14.2. The van der Waals surface area contributed by atoms with Crippen LogP contribution in [0.4, 0.5) is 0 Å². The highest BCUT2D eigenvalue weighted by Crippen LogP contribution is 2.36. The molecule has 0 aromatic carbocycles. The van der Waals surface area contributed by atoms with E-state index in [0.717, 1.165) is 6.20 Å². The van der Waals surface area contributed by atoms with E-state index >= 15 is 0 Å². The number of hydrogen-bond acceptors (Lipinski definition) is 7. The van der Waals surface area contributed by atoms with Crippen molar-refractivity contribution in [2.24, 2.45) is 0 Å². The van der Waals surface area contributed by atoms with E-state index < -0.39 is 41.9 Å². The van der Waals surface area contributed by atoms with Gasteiger partial charge in [0, 0.05) is 0 Å². The Morgan fingerprint density at radius 3 is 2.84 bits per heavy atom. The second kappa shape index (κ2) is 4.60. The molecule has 1 fully saturated rings. The van der Waals surface area contributed by atoms with Crippen LogP contribution in [-0.4, -0.2) is 54.5 Å². The number of ether oxygens (including phenoxy) is 1. The predicted molar refractivity (Wildman–Crippen MR) is 59.9 cm³/mol. The molecule has 0 saturated carbocycles. The summed E-state index contributed by atoms with van der Waals surface area (Å²) in [5.74, 6) is 1.92. The summed E-state index contributed by atoms with van der Waals surface area (Å²) in [6, 6.07) is 0. The number of rotatable bonds is 2. The summed E-state index contributed by atoms with van der Waals surface area (Å²) in [7, 11) is 0. The highest BCUT2D eigenvalue weighted by atomic mass is 16.6. The lowest BCUT2D eigenvalue weighted by Gasteiger charge is -2.25. The van der Waals surface area contributed by atoms with Gasteiger partial charge in [0.15, 0.2) is 6.23 Å². The summed E-state index contributed by atoms with van der Waals surface area (Å²) in [5, 5.41) is 32.5. The van der Waals surface area contributed by atoms with Gasteiger partial charge in [-0.15, -0.1) is 6.42 Å². The quantitative estimate of drug-likeness (QED) is 0.409. The van der Waals surface area contributed by atoms with Crippen molar-refractivity contribution in [2.45, 2.75) is 24.0 Å². The fourth-order valence-corrected chi connectivity index (χ4v) is 1.85. The smallest absolute Gasteiger partial charge is 0.347 e. The molecule has 0 aliphatic carbocycles. The monoisotopic (exact) mass is 269 g/mol. The van der Waals surface area contributed by atoms with Gasteiger partial charge >= 0.3 is 5.69 Å². The van der Waals surface area contributed by atoms with E-state index in [1.807, 2.05) is 10.9 Å². The fraction of sp³-hybridized carbons (Fsp3) is 0.500. The number of hydrogen-bond donors (Lipinski definition) is 4. The Bertz CT molecular complexity index is 631. The molecule has 1 aromatic rings. The average molecular weight is 269 g/mol. The van der Waals surface area contributed by atoms with Gasteiger partial charge in [-0.05, 0) is 0 Å². The van der Waals surface area contributed by atoms with Crippen LogP contribution >= 0.6 is 0 Å². The van der Waals surface area contributed by atoms with Crippen molar-refractivity contribution >= 4 is 0 Å². The largest absolute Gasteiger partial charge is 0.394 e. The molecule has 4 N–H and O–H groups in total. The van der Waals surface area contributed by atoms with Gasteiger partial charge in [0.25, 0.3) is 5.56 Å². The molecule has 19 heavy (non-hydrogen) atoms. The zero-order valence-electron chi connectivity index (χ0n) is 9.55. The predicted octanol–water partition coefficient (Wildman–Crippen LogP) is -3.45. The normalized spacial score (nSPS) is 34.1. The molecular formula is C10H11N3O6. The number of aromatic nitrogens is 3. The lowest BCUT2D eigenvalue weighted by Crippen LogP contribution is -2.48. The van der Waals surface area contributed by atoms with Crippen molar-refractivity contribution in [3.8, 4) is 12.3 Å². The van der Waals surface area contributed by atoms with Crippen molar-refractivity contribution < 1.29 is 20.1 Å². The van der Waals surface area contributed by atoms with E-state index in [1.54, 1.807) is 0 Å². The van der Waals surface area contributed by atoms with Crippen LogP contribution < -0.4 is 11.2 Å². The number of aliphatic hydroxyl groups excluding tert-OH is 2. The van der Waals surface area contributed by atoms with Crippen LogP contribution in [0, 0.1) is 12.3 Å². The van der Waals surface area contributed by atoms with Gasteiger partial charge in [0.1, 0.15) is 18.4 Å². The van der Waals surface area contributed by atoms with E-state index in [0.29, 0.717) is 4.68 Å². The standard InChI is InChI=1S/C10H11N3O6/c1-2-10(18)7(16)5(4-14)19-8(10)13-9(17)12-6(15)3-11-13/h1,3,5,7-8,14,16,18H,4H2,(H,12,15,17)/t5-,7+,8-,10?/m1/s1. The highest BCUT2D eigenvalue weighted by molar-refractivity contribution is 5.18. The molecule has 1 aliphatic rings. The second-order valence-electron chi connectivity index (χ2n) is 4.01. The Kier molecular flexibility index (Phi) is 3.25. The first kappa shape index (κ1) is 13.4. The van der Waals surface area contributed by atoms with Crippen LogP contribution in [0.5, 0.6) is 0 Å². The molecule has 9 nitrogen and oxygen atoms in total. The lowest BCUT2D eigenvalue weighted by molar-refractivity contribution is -0.0837. The van der Waals surface area contributed by atoms with Gasteiger partial charge in [-0.2, -0.15) is 9.78 Å². The van der Waals surface area contributed by atoms with Crippen molar-refractivity contribution in [1.29, 1.82) is 0 Å². The van der Waals surface area contributed by atoms with E-state index in [-0.39, 0.29) is 0 Å². The van der Waals surface area contributed by atoms with Crippen molar-refractivity contribution in [3.63, 3.8) is 0 Å². The lowest BCUT2D eigenvalue weighted by atomic mass is 9.95.